The largest absolute Gasteiger partial charge is 0.393 e. The lowest BCUT2D eigenvalue weighted by Crippen LogP contribution is -2.57. The number of hydrogen-bond donors (Lipinski definition) is 1. The third-order valence-corrected chi connectivity index (χ3v) is 9.37. The lowest BCUT2D eigenvalue weighted by atomic mass is 9.44. The molecule has 0 bridgehead atoms. The van der Waals surface area contributed by atoms with Gasteiger partial charge in [0.15, 0.2) is 0 Å². The van der Waals surface area contributed by atoms with Crippen LogP contribution in [0, 0.1) is 40.4 Å². The van der Waals surface area contributed by atoms with Crippen LogP contribution in [0.5, 0.6) is 0 Å². The van der Waals surface area contributed by atoms with Crippen molar-refractivity contribution >= 4 is 0 Å². The van der Waals surface area contributed by atoms with Gasteiger partial charge in [-0.1, -0.05) is 40.0 Å². The molecular weight excluding hydrogens is 268 g/mol. The number of rotatable bonds is 1. The quantitative estimate of drug-likeness (QED) is 0.686. The normalized spacial score (nSPS) is 57.8. The molecule has 8 atom stereocenters. The first kappa shape index (κ1) is 15.5. The smallest absolute Gasteiger partial charge is 0.0602 e. The summed E-state index contributed by atoms with van der Waals surface area (Å²) in [5.74, 6) is 4.28. The Labute approximate surface area is 137 Å². The van der Waals surface area contributed by atoms with Crippen molar-refractivity contribution in [2.75, 3.05) is 0 Å². The van der Waals surface area contributed by atoms with Crippen molar-refractivity contribution in [1.82, 2.24) is 0 Å². The maximum absolute atomic E-state index is 11.2. The molecule has 2 unspecified atom stereocenters. The zero-order valence-corrected chi connectivity index (χ0v) is 15.0. The van der Waals surface area contributed by atoms with E-state index >= 15 is 0 Å². The van der Waals surface area contributed by atoms with E-state index < -0.39 is 0 Å². The van der Waals surface area contributed by atoms with Crippen LogP contribution in [0.25, 0.3) is 0 Å². The zero-order valence-electron chi connectivity index (χ0n) is 15.0. The molecule has 1 nitrogen and oxygen atoms in total. The Bertz CT molecular complexity index is 432. The molecule has 0 amide bonds. The van der Waals surface area contributed by atoms with Crippen molar-refractivity contribution in [2.45, 2.75) is 91.1 Å². The van der Waals surface area contributed by atoms with Crippen LogP contribution in [-0.2, 0) is 0 Å². The Kier molecular flexibility index (Phi) is 3.68. The Morgan fingerprint density at radius 1 is 0.955 bits per heavy atom. The summed E-state index contributed by atoms with van der Waals surface area (Å²) in [5, 5.41) is 11.2. The van der Waals surface area contributed by atoms with E-state index in [2.05, 4.69) is 20.8 Å². The maximum Gasteiger partial charge on any atom is 0.0602 e. The van der Waals surface area contributed by atoms with E-state index in [1.807, 2.05) is 0 Å². The predicted octanol–water partition coefficient (Wildman–Crippen LogP) is 5.42. The molecule has 22 heavy (non-hydrogen) atoms. The van der Waals surface area contributed by atoms with Crippen LogP contribution in [0.2, 0.25) is 0 Å². The molecule has 0 aromatic heterocycles. The highest BCUT2D eigenvalue weighted by Gasteiger charge is 2.62. The van der Waals surface area contributed by atoms with Crippen molar-refractivity contribution in [2.24, 2.45) is 40.4 Å². The van der Waals surface area contributed by atoms with Crippen LogP contribution in [-0.4, -0.2) is 11.2 Å². The summed E-state index contributed by atoms with van der Waals surface area (Å²) in [6.07, 6.45) is 13.9. The predicted molar refractivity (Wildman–Crippen MR) is 91.5 cm³/mol. The van der Waals surface area contributed by atoms with E-state index in [0.29, 0.717) is 5.41 Å². The van der Waals surface area contributed by atoms with Gasteiger partial charge in [-0.05, 0) is 85.4 Å². The minimum absolute atomic E-state index is 0.0382. The average Bonchev–Trinajstić information content (AvgIpc) is 2.86. The highest BCUT2D eigenvalue weighted by Crippen LogP contribution is 2.67. The first-order valence-electron chi connectivity index (χ1n) is 10.2. The molecule has 1 heteroatoms. The van der Waals surface area contributed by atoms with E-state index in [-0.39, 0.29) is 11.5 Å². The lowest BCUT2D eigenvalue weighted by Gasteiger charge is -2.61. The van der Waals surface area contributed by atoms with E-state index in [1.165, 1.54) is 57.8 Å². The molecule has 1 N–H and O–H groups in total. The summed E-state index contributed by atoms with van der Waals surface area (Å²) in [4.78, 5) is 0. The van der Waals surface area contributed by atoms with Crippen LogP contribution in [0.15, 0.2) is 0 Å². The van der Waals surface area contributed by atoms with Crippen LogP contribution in [0.4, 0.5) is 0 Å². The SMILES string of the molecule is CC[C@H]1CC[C@H]2[C@@H]3CCC4CCCC[C@]4(C)[C@H]3CC(O)[C@]12C. The van der Waals surface area contributed by atoms with Gasteiger partial charge in [-0.15, -0.1) is 0 Å². The molecule has 126 valence electrons. The van der Waals surface area contributed by atoms with Crippen molar-refractivity contribution in [1.29, 1.82) is 0 Å². The van der Waals surface area contributed by atoms with Gasteiger partial charge in [-0.3, -0.25) is 0 Å². The van der Waals surface area contributed by atoms with E-state index in [1.54, 1.807) is 0 Å². The van der Waals surface area contributed by atoms with Gasteiger partial charge in [0, 0.05) is 0 Å². The topological polar surface area (TPSA) is 20.2 Å². The molecule has 4 fully saturated rings. The molecule has 0 heterocycles. The summed E-state index contributed by atoms with van der Waals surface area (Å²) < 4.78 is 0. The Morgan fingerprint density at radius 2 is 1.77 bits per heavy atom. The molecule has 4 saturated carbocycles. The second-order valence-corrected chi connectivity index (χ2v) is 9.70. The van der Waals surface area contributed by atoms with Crippen molar-refractivity contribution in [3.05, 3.63) is 0 Å². The summed E-state index contributed by atoms with van der Waals surface area (Å²) in [6.45, 7) is 7.40. The number of aliphatic hydroxyl groups excluding tert-OH is 1. The van der Waals surface area contributed by atoms with Gasteiger partial charge in [-0.25, -0.2) is 0 Å². The third-order valence-electron chi connectivity index (χ3n) is 9.37. The van der Waals surface area contributed by atoms with Gasteiger partial charge in [-0.2, -0.15) is 0 Å². The fourth-order valence-electron chi connectivity index (χ4n) is 8.04. The highest BCUT2D eigenvalue weighted by atomic mass is 16.3. The molecule has 0 aliphatic heterocycles. The van der Waals surface area contributed by atoms with Gasteiger partial charge in [0.25, 0.3) is 0 Å². The third kappa shape index (κ3) is 1.87. The fraction of sp³-hybridized carbons (Fsp3) is 1.00. The van der Waals surface area contributed by atoms with Crippen molar-refractivity contribution < 1.29 is 5.11 Å². The fourth-order valence-corrected chi connectivity index (χ4v) is 8.04. The van der Waals surface area contributed by atoms with Gasteiger partial charge in [0.1, 0.15) is 0 Å². The second-order valence-electron chi connectivity index (χ2n) is 9.70. The minimum atomic E-state index is -0.0382. The summed E-state index contributed by atoms with van der Waals surface area (Å²) in [7, 11) is 0. The van der Waals surface area contributed by atoms with Crippen molar-refractivity contribution in [3.63, 3.8) is 0 Å². The van der Waals surface area contributed by atoms with Crippen LogP contribution < -0.4 is 0 Å². The van der Waals surface area contributed by atoms with Crippen LogP contribution in [0.3, 0.4) is 0 Å². The van der Waals surface area contributed by atoms with E-state index in [9.17, 15) is 5.11 Å². The van der Waals surface area contributed by atoms with Gasteiger partial charge in [0.2, 0.25) is 0 Å². The summed E-state index contributed by atoms with van der Waals surface area (Å²) in [6, 6.07) is 0. The van der Waals surface area contributed by atoms with Gasteiger partial charge >= 0.3 is 0 Å². The van der Waals surface area contributed by atoms with Gasteiger partial charge < -0.3 is 5.11 Å². The Balaban J connectivity index is 1.67. The molecule has 0 aromatic rings. The summed E-state index contributed by atoms with van der Waals surface area (Å²) in [5.41, 5.74) is 0.779. The number of aliphatic hydroxyl groups is 1. The van der Waals surface area contributed by atoms with E-state index in [4.69, 9.17) is 0 Å². The maximum atomic E-state index is 11.2. The Hall–Kier alpha value is -0.0400. The number of hydrogen-bond acceptors (Lipinski definition) is 1. The highest BCUT2D eigenvalue weighted by molar-refractivity contribution is 5.11. The molecule has 4 aliphatic carbocycles. The molecule has 0 spiro atoms. The molecule has 4 aliphatic rings. The Morgan fingerprint density at radius 3 is 2.55 bits per heavy atom. The molecule has 0 saturated heterocycles. The first-order chi connectivity index (χ1) is 10.5. The van der Waals surface area contributed by atoms with Crippen LogP contribution >= 0.6 is 0 Å². The standard InChI is InChI=1S/C21H36O/c1-4-14-9-11-17-16-10-8-15-7-5-6-12-20(15,2)18(16)13-19(22)21(14,17)3/h14-19,22H,4-13H2,1-3H3/t14-,15?,16-,17-,18-,19?,20-,21+/m0/s1. The molecule has 0 radical (unpaired) electrons. The first-order valence-corrected chi connectivity index (χ1v) is 10.2. The average molecular weight is 305 g/mol. The van der Waals surface area contributed by atoms with Crippen molar-refractivity contribution in [3.8, 4) is 0 Å². The molecule has 4 rings (SSSR count). The summed E-state index contributed by atoms with van der Waals surface area (Å²) >= 11 is 0. The lowest BCUT2D eigenvalue weighted by molar-refractivity contribution is -0.163. The zero-order chi connectivity index (χ0) is 15.5. The number of fused-ring (bicyclic) bond motifs is 5. The van der Waals surface area contributed by atoms with E-state index in [0.717, 1.165) is 36.0 Å². The van der Waals surface area contributed by atoms with Crippen LogP contribution in [0.1, 0.15) is 85.0 Å². The monoisotopic (exact) mass is 304 g/mol. The van der Waals surface area contributed by atoms with Gasteiger partial charge in [0.05, 0.1) is 6.10 Å². The second kappa shape index (κ2) is 5.23. The molecule has 0 aromatic carbocycles. The minimum Gasteiger partial charge on any atom is -0.393 e. The molecular formula is C21H36O.